The van der Waals surface area contributed by atoms with Gasteiger partial charge in [0.25, 0.3) is 0 Å². The summed E-state index contributed by atoms with van der Waals surface area (Å²) in [6.07, 6.45) is 16.8. The van der Waals surface area contributed by atoms with Gasteiger partial charge in [-0.15, -0.1) is 17.1 Å². The highest BCUT2D eigenvalue weighted by molar-refractivity contribution is 6.31. The van der Waals surface area contributed by atoms with Crippen LogP contribution in [0.1, 0.15) is 63.5 Å². The predicted molar refractivity (Wildman–Crippen MR) is 203 cm³/mol. The van der Waals surface area contributed by atoms with E-state index in [0.29, 0.717) is 50.3 Å². The van der Waals surface area contributed by atoms with Crippen LogP contribution in [0, 0.1) is 17.8 Å². The summed E-state index contributed by atoms with van der Waals surface area (Å²) in [6, 6.07) is 0. The standard InChI is InChI=1S/C35H60N12O7/c1-5-18-51-25-35(26-52-22-29(41-36)19-40-15-9-6-12-32(48)37-2,27-53-23-30-20-46(44-42-30)16-10-7-13-33(49)38-3)28-54-24-31-21-47(45-43-31)17-11-8-14-34(50)39-4/h1,19-21,42,44H,6-18,22-28,36H2,2-4H3,(H,37,48)(H,38,49)(H,39,50). The number of aromatic nitrogens is 3. The van der Waals surface area contributed by atoms with Crippen LogP contribution in [0.3, 0.4) is 0 Å². The highest BCUT2D eigenvalue weighted by Gasteiger charge is 2.33. The van der Waals surface area contributed by atoms with Crippen LogP contribution in [-0.2, 0) is 46.5 Å². The predicted octanol–water partition coefficient (Wildman–Crippen LogP) is -0.235. The summed E-state index contributed by atoms with van der Waals surface area (Å²) in [7, 11) is 4.87. The molecular formula is C35H60N12O7. The Bertz CT molecular complexity index is 1380. The summed E-state index contributed by atoms with van der Waals surface area (Å²) in [5.74, 6) is 8.18. The molecule has 54 heavy (non-hydrogen) atoms. The van der Waals surface area contributed by atoms with E-state index in [1.807, 2.05) is 17.4 Å². The Morgan fingerprint density at radius 3 is 2.15 bits per heavy atom. The lowest BCUT2D eigenvalue weighted by molar-refractivity contribution is -0.121. The zero-order valence-corrected chi connectivity index (χ0v) is 32.1. The first-order chi connectivity index (χ1) is 26.3. The zero-order valence-electron chi connectivity index (χ0n) is 32.1. The van der Waals surface area contributed by atoms with Gasteiger partial charge in [-0.05, 0) is 38.5 Å². The van der Waals surface area contributed by atoms with E-state index in [0.717, 1.165) is 44.2 Å². The number of unbranched alkanes of at least 4 members (excludes halogenated alkanes) is 3. The molecule has 3 amide bonds. The van der Waals surface area contributed by atoms with Gasteiger partial charge in [-0.2, -0.15) is 5.10 Å². The average molecular weight is 761 g/mol. The number of ether oxygens (including phenoxy) is 4. The minimum atomic E-state index is -0.796. The van der Waals surface area contributed by atoms with Gasteiger partial charge >= 0.3 is 0 Å². The molecule has 0 spiro atoms. The summed E-state index contributed by atoms with van der Waals surface area (Å²) in [5, 5.41) is 22.0. The number of terminal acetylenes is 1. The maximum atomic E-state index is 11.5. The van der Waals surface area contributed by atoms with Crippen molar-refractivity contribution >= 4 is 29.6 Å². The number of hydrazine groups is 2. The molecule has 0 saturated carbocycles. The van der Waals surface area contributed by atoms with Crippen LogP contribution in [0.25, 0.3) is 0 Å². The molecular weight excluding hydrogens is 700 g/mol. The molecule has 19 heteroatoms. The monoisotopic (exact) mass is 760 g/mol. The van der Waals surface area contributed by atoms with Crippen molar-refractivity contribution in [1.82, 2.24) is 46.9 Å². The Labute approximate surface area is 318 Å². The first kappa shape index (κ1) is 45.5. The van der Waals surface area contributed by atoms with Crippen molar-refractivity contribution in [3.63, 3.8) is 0 Å². The fraction of sp³-hybridized carbons (Fsp3) is 0.686. The molecule has 7 N–H and O–H groups in total. The molecule has 2 rings (SSSR count). The van der Waals surface area contributed by atoms with Crippen molar-refractivity contribution in [2.75, 3.05) is 80.5 Å². The number of aryl methyl sites for hydroxylation is 1. The summed E-state index contributed by atoms with van der Waals surface area (Å²) < 4.78 is 26.1. The Balaban J connectivity index is 2.03. The summed E-state index contributed by atoms with van der Waals surface area (Å²) >= 11 is 0. The number of nitrogens with two attached hydrogens (primary N) is 1. The quantitative estimate of drug-likeness (QED) is 0.0189. The molecule has 1 aromatic rings. The van der Waals surface area contributed by atoms with Gasteiger partial charge in [0.05, 0.1) is 63.6 Å². The maximum absolute atomic E-state index is 11.5. The van der Waals surface area contributed by atoms with E-state index >= 15 is 0 Å². The Morgan fingerprint density at radius 2 is 1.50 bits per heavy atom. The molecule has 0 saturated heterocycles. The highest BCUT2D eigenvalue weighted by atomic mass is 16.5. The van der Waals surface area contributed by atoms with Gasteiger partial charge in [-0.25, -0.2) is 0 Å². The Morgan fingerprint density at radius 1 is 0.889 bits per heavy atom. The van der Waals surface area contributed by atoms with Crippen LogP contribution >= 0.6 is 0 Å². The molecule has 1 atom stereocenters. The van der Waals surface area contributed by atoms with E-state index < -0.39 is 5.41 Å². The van der Waals surface area contributed by atoms with E-state index in [9.17, 15) is 14.4 Å². The molecule has 0 aliphatic carbocycles. The molecule has 0 aromatic carbocycles. The van der Waals surface area contributed by atoms with Crippen molar-refractivity contribution in [1.29, 1.82) is 0 Å². The number of hydrazone groups is 1. The third-order valence-electron chi connectivity index (χ3n) is 8.11. The molecule has 1 unspecified atom stereocenters. The first-order valence-electron chi connectivity index (χ1n) is 18.3. The van der Waals surface area contributed by atoms with Crippen molar-refractivity contribution in [3.8, 4) is 12.3 Å². The van der Waals surface area contributed by atoms with Crippen LogP contribution in [0.4, 0.5) is 0 Å². The van der Waals surface area contributed by atoms with Gasteiger partial charge in [0.15, 0.2) is 0 Å². The molecule has 1 aromatic heterocycles. The molecule has 2 heterocycles. The van der Waals surface area contributed by atoms with E-state index in [1.165, 1.54) is 0 Å². The van der Waals surface area contributed by atoms with Gasteiger partial charge in [-0.3, -0.25) is 29.1 Å². The number of nitrogens with one attached hydrogen (secondary N) is 5. The van der Waals surface area contributed by atoms with Gasteiger partial charge in [0.2, 0.25) is 17.7 Å². The topological polar surface area (TPSA) is 233 Å². The average Bonchev–Trinajstić information content (AvgIpc) is 3.84. The van der Waals surface area contributed by atoms with E-state index in [2.05, 4.69) is 53.2 Å². The molecule has 1 aliphatic rings. The molecule has 1 aliphatic heterocycles. The summed E-state index contributed by atoms with van der Waals surface area (Å²) in [5.41, 5.74) is 7.32. The second kappa shape index (κ2) is 27.9. The molecule has 0 radical (unpaired) electrons. The van der Waals surface area contributed by atoms with Crippen molar-refractivity contribution in [3.05, 3.63) is 23.8 Å². The highest BCUT2D eigenvalue weighted by Crippen LogP contribution is 2.22. The second-order valence-corrected chi connectivity index (χ2v) is 12.8. The van der Waals surface area contributed by atoms with Crippen molar-refractivity contribution in [2.24, 2.45) is 21.4 Å². The fourth-order valence-electron chi connectivity index (χ4n) is 5.07. The van der Waals surface area contributed by atoms with Gasteiger partial charge in [0, 0.05) is 72.5 Å². The van der Waals surface area contributed by atoms with Crippen LogP contribution in [0.15, 0.2) is 28.2 Å². The Hall–Kier alpha value is -4.61. The van der Waals surface area contributed by atoms with Crippen LogP contribution in [-0.4, -0.2) is 130 Å². The largest absolute Gasteiger partial charge is 0.374 e. The zero-order chi connectivity index (χ0) is 39.3. The molecule has 19 nitrogen and oxygen atoms in total. The minimum absolute atomic E-state index is 0.00244. The SMILES string of the molecule is C#CCOCC(COCC1=CN(CCCCC(=O)NC)NN1)(COCC(C=NCCCCC(=O)NC)=NN)COCc1cn(CCCCC(=O)NC)nn1. The van der Waals surface area contributed by atoms with Crippen LogP contribution < -0.4 is 32.8 Å². The number of hydrogen-bond acceptors (Lipinski definition) is 15. The lowest BCUT2D eigenvalue weighted by Crippen LogP contribution is -2.43. The van der Waals surface area contributed by atoms with Gasteiger partial charge in [0.1, 0.15) is 18.0 Å². The normalized spacial score (nSPS) is 14.0. The molecule has 0 bridgehead atoms. The second-order valence-electron chi connectivity index (χ2n) is 12.8. The lowest BCUT2D eigenvalue weighted by atomic mass is 9.92. The smallest absolute Gasteiger partial charge is 0.219 e. The van der Waals surface area contributed by atoms with Crippen LogP contribution in [0.2, 0.25) is 0 Å². The van der Waals surface area contributed by atoms with E-state index in [4.69, 9.17) is 31.2 Å². The number of rotatable bonds is 31. The van der Waals surface area contributed by atoms with Crippen LogP contribution in [0.5, 0.6) is 0 Å². The Kier molecular flexibility index (Phi) is 23.5. The van der Waals surface area contributed by atoms with E-state index in [-0.39, 0.29) is 70.6 Å². The number of amides is 3. The van der Waals surface area contributed by atoms with E-state index in [1.54, 1.807) is 32.0 Å². The molecule has 302 valence electrons. The van der Waals surface area contributed by atoms with Gasteiger partial charge in [-0.1, -0.05) is 11.1 Å². The van der Waals surface area contributed by atoms with Crippen molar-refractivity contribution < 1.29 is 33.3 Å². The van der Waals surface area contributed by atoms with Crippen molar-refractivity contribution in [2.45, 2.75) is 70.9 Å². The first-order valence-corrected chi connectivity index (χ1v) is 18.3. The third kappa shape index (κ3) is 20.0. The fourth-order valence-corrected chi connectivity index (χ4v) is 5.07. The lowest BCUT2D eigenvalue weighted by Gasteiger charge is -2.32. The molecule has 0 fully saturated rings. The number of nitrogens with zero attached hydrogens (tertiary/aromatic N) is 6. The van der Waals surface area contributed by atoms with Gasteiger partial charge < -0.3 is 46.2 Å². The number of carbonyl (C=O) groups is 3. The summed E-state index contributed by atoms with van der Waals surface area (Å²) in [4.78, 5) is 38.8. The minimum Gasteiger partial charge on any atom is -0.374 e. The number of aliphatic imine (C=N–C) groups is 1. The maximum Gasteiger partial charge on any atom is 0.219 e. The number of carbonyl (C=O) groups excluding carboxylic acids is 3. The number of hydrogen-bond donors (Lipinski definition) is 6. The third-order valence-corrected chi connectivity index (χ3v) is 8.11. The summed E-state index contributed by atoms with van der Waals surface area (Å²) in [6.45, 7) is 3.16.